The molecular weight excluding hydrogens is 230 g/mol. The molecule has 4 heteroatoms. The minimum Gasteiger partial charge on any atom is -0.472 e. The molecule has 0 saturated carbocycles. The zero-order chi connectivity index (χ0) is 12.8. The standard InChI is InChI=1S/C14H15NO3/c16-9-13(11-6-8-18-10-11)14(17)5-4-12-3-1-2-7-15-12/h1-3,6-8,10,13,16H,4-5,9H2/t13-/m0/s1. The van der Waals surface area contributed by atoms with Gasteiger partial charge in [-0.1, -0.05) is 6.07 Å². The molecule has 1 atom stereocenters. The first-order chi connectivity index (χ1) is 8.81. The van der Waals surface area contributed by atoms with Gasteiger partial charge in [0.25, 0.3) is 0 Å². The first kappa shape index (κ1) is 12.5. The Labute approximate surface area is 105 Å². The molecule has 1 N–H and O–H groups in total. The van der Waals surface area contributed by atoms with E-state index >= 15 is 0 Å². The first-order valence-corrected chi connectivity index (χ1v) is 5.87. The summed E-state index contributed by atoms with van der Waals surface area (Å²) in [6, 6.07) is 7.33. The van der Waals surface area contributed by atoms with Crippen molar-refractivity contribution >= 4 is 5.78 Å². The summed E-state index contributed by atoms with van der Waals surface area (Å²) in [4.78, 5) is 16.2. The number of carbonyl (C=O) groups is 1. The zero-order valence-corrected chi connectivity index (χ0v) is 9.95. The lowest BCUT2D eigenvalue weighted by Gasteiger charge is -2.10. The van der Waals surface area contributed by atoms with Gasteiger partial charge in [-0.25, -0.2) is 0 Å². The van der Waals surface area contributed by atoms with E-state index in [1.807, 2.05) is 18.2 Å². The van der Waals surface area contributed by atoms with E-state index in [-0.39, 0.29) is 12.4 Å². The topological polar surface area (TPSA) is 63.3 Å². The van der Waals surface area contributed by atoms with Crippen molar-refractivity contribution in [2.75, 3.05) is 6.61 Å². The number of hydrogen-bond acceptors (Lipinski definition) is 4. The number of aromatic nitrogens is 1. The van der Waals surface area contributed by atoms with Gasteiger partial charge >= 0.3 is 0 Å². The van der Waals surface area contributed by atoms with Crippen molar-refractivity contribution in [2.24, 2.45) is 0 Å². The van der Waals surface area contributed by atoms with Gasteiger partial charge in [0.15, 0.2) is 0 Å². The summed E-state index contributed by atoms with van der Waals surface area (Å²) in [5.74, 6) is -0.489. The number of ketones is 1. The van der Waals surface area contributed by atoms with E-state index in [0.717, 1.165) is 11.3 Å². The van der Waals surface area contributed by atoms with Crippen molar-refractivity contribution in [1.82, 2.24) is 4.98 Å². The summed E-state index contributed by atoms with van der Waals surface area (Å²) in [6.07, 6.45) is 5.67. The molecule has 0 aliphatic rings. The molecule has 94 valence electrons. The Morgan fingerprint density at radius 3 is 2.89 bits per heavy atom. The van der Waals surface area contributed by atoms with Crippen LogP contribution in [0.5, 0.6) is 0 Å². The Kier molecular flexibility index (Phi) is 4.25. The number of aliphatic hydroxyl groups excluding tert-OH is 1. The van der Waals surface area contributed by atoms with Gasteiger partial charge in [0, 0.05) is 23.9 Å². The Balaban J connectivity index is 1.95. The Hall–Kier alpha value is -1.94. The summed E-state index contributed by atoms with van der Waals surface area (Å²) in [6.45, 7) is -0.194. The molecule has 0 aromatic carbocycles. The van der Waals surface area contributed by atoms with Gasteiger partial charge in [-0.15, -0.1) is 0 Å². The maximum atomic E-state index is 12.0. The summed E-state index contributed by atoms with van der Waals surface area (Å²) < 4.78 is 4.93. The van der Waals surface area contributed by atoms with Crippen LogP contribution in [0.1, 0.15) is 23.6 Å². The number of pyridine rings is 1. The third kappa shape index (κ3) is 3.05. The van der Waals surface area contributed by atoms with Gasteiger partial charge in [-0.3, -0.25) is 9.78 Å². The van der Waals surface area contributed by atoms with Crippen LogP contribution in [0.3, 0.4) is 0 Å². The van der Waals surface area contributed by atoms with E-state index in [0.29, 0.717) is 12.8 Å². The second kappa shape index (κ2) is 6.12. The van der Waals surface area contributed by atoms with Crippen molar-refractivity contribution in [3.8, 4) is 0 Å². The lowest BCUT2D eigenvalue weighted by Crippen LogP contribution is -2.16. The highest BCUT2D eigenvalue weighted by Gasteiger charge is 2.20. The summed E-state index contributed by atoms with van der Waals surface area (Å²) in [5, 5.41) is 9.29. The molecule has 4 nitrogen and oxygen atoms in total. The van der Waals surface area contributed by atoms with E-state index in [4.69, 9.17) is 4.42 Å². The number of aliphatic hydroxyl groups is 1. The fourth-order valence-electron chi connectivity index (χ4n) is 1.84. The van der Waals surface area contributed by atoms with Gasteiger partial charge in [0.2, 0.25) is 0 Å². The van der Waals surface area contributed by atoms with Gasteiger partial charge in [-0.2, -0.15) is 0 Å². The molecule has 0 saturated heterocycles. The third-order valence-corrected chi connectivity index (χ3v) is 2.87. The number of rotatable bonds is 6. The minimum atomic E-state index is -0.493. The molecule has 0 bridgehead atoms. The van der Waals surface area contributed by atoms with Crippen LogP contribution >= 0.6 is 0 Å². The molecule has 2 rings (SSSR count). The molecule has 0 aliphatic heterocycles. The van der Waals surface area contributed by atoms with Crippen molar-refractivity contribution in [3.05, 3.63) is 54.2 Å². The number of nitrogens with zero attached hydrogens (tertiary/aromatic N) is 1. The molecule has 0 aliphatic carbocycles. The number of carbonyl (C=O) groups excluding carboxylic acids is 1. The summed E-state index contributed by atoms with van der Waals surface area (Å²) in [5.41, 5.74) is 1.61. The predicted octanol–water partition coefficient (Wildman–Crippen LogP) is 1.95. The Bertz CT molecular complexity index is 479. The number of hydrogen-bond donors (Lipinski definition) is 1. The Morgan fingerprint density at radius 1 is 1.39 bits per heavy atom. The third-order valence-electron chi connectivity index (χ3n) is 2.87. The van der Waals surface area contributed by atoms with Crippen LogP contribution in [0.4, 0.5) is 0 Å². The van der Waals surface area contributed by atoms with Crippen molar-refractivity contribution in [1.29, 1.82) is 0 Å². The van der Waals surface area contributed by atoms with E-state index in [9.17, 15) is 9.90 Å². The highest BCUT2D eigenvalue weighted by molar-refractivity contribution is 5.85. The number of furan rings is 1. The minimum absolute atomic E-state index is 0.00422. The van der Waals surface area contributed by atoms with Crippen molar-refractivity contribution < 1.29 is 14.3 Å². The highest BCUT2D eigenvalue weighted by Crippen LogP contribution is 2.19. The smallest absolute Gasteiger partial charge is 0.143 e. The maximum Gasteiger partial charge on any atom is 0.143 e. The molecular formula is C14H15NO3. The molecule has 2 aromatic heterocycles. The van der Waals surface area contributed by atoms with Crippen LogP contribution in [-0.4, -0.2) is 22.5 Å². The van der Waals surface area contributed by atoms with E-state index in [1.165, 1.54) is 12.5 Å². The van der Waals surface area contributed by atoms with E-state index in [1.54, 1.807) is 12.3 Å². The second-order valence-corrected chi connectivity index (χ2v) is 4.08. The largest absolute Gasteiger partial charge is 0.472 e. The highest BCUT2D eigenvalue weighted by atomic mass is 16.3. The van der Waals surface area contributed by atoms with Crippen LogP contribution in [-0.2, 0) is 11.2 Å². The number of Topliss-reactive ketones (excluding diaryl/α,β-unsaturated/α-hetero) is 1. The van der Waals surface area contributed by atoms with Crippen LogP contribution < -0.4 is 0 Å². The second-order valence-electron chi connectivity index (χ2n) is 4.08. The molecule has 0 unspecified atom stereocenters. The molecule has 0 spiro atoms. The average molecular weight is 245 g/mol. The zero-order valence-electron chi connectivity index (χ0n) is 9.95. The van der Waals surface area contributed by atoms with Gasteiger partial charge in [0.1, 0.15) is 5.78 Å². The summed E-state index contributed by atoms with van der Waals surface area (Å²) >= 11 is 0. The normalized spacial score (nSPS) is 12.3. The van der Waals surface area contributed by atoms with Crippen LogP contribution in [0.15, 0.2) is 47.4 Å². The van der Waals surface area contributed by atoms with Gasteiger partial charge in [0.05, 0.1) is 25.1 Å². The van der Waals surface area contributed by atoms with E-state index in [2.05, 4.69) is 4.98 Å². The molecule has 0 fully saturated rings. The van der Waals surface area contributed by atoms with Crippen LogP contribution in [0, 0.1) is 0 Å². The van der Waals surface area contributed by atoms with Crippen LogP contribution in [0.2, 0.25) is 0 Å². The summed E-state index contributed by atoms with van der Waals surface area (Å²) in [7, 11) is 0. The molecule has 18 heavy (non-hydrogen) atoms. The van der Waals surface area contributed by atoms with Gasteiger partial charge in [-0.05, 0) is 24.6 Å². The number of aryl methyl sites for hydroxylation is 1. The molecule has 0 radical (unpaired) electrons. The molecule has 2 aromatic rings. The fraction of sp³-hybridized carbons (Fsp3) is 0.286. The monoisotopic (exact) mass is 245 g/mol. The Morgan fingerprint density at radius 2 is 2.28 bits per heavy atom. The van der Waals surface area contributed by atoms with Crippen LogP contribution in [0.25, 0.3) is 0 Å². The lowest BCUT2D eigenvalue weighted by molar-refractivity contribution is -0.121. The fourth-order valence-corrected chi connectivity index (χ4v) is 1.84. The maximum absolute atomic E-state index is 12.0. The van der Waals surface area contributed by atoms with Crippen molar-refractivity contribution in [2.45, 2.75) is 18.8 Å². The SMILES string of the molecule is O=C(CCc1ccccn1)[C@@H](CO)c1ccoc1. The predicted molar refractivity (Wildman–Crippen MR) is 66.1 cm³/mol. The molecule has 2 heterocycles. The molecule has 0 amide bonds. The first-order valence-electron chi connectivity index (χ1n) is 5.87. The van der Waals surface area contributed by atoms with E-state index < -0.39 is 5.92 Å². The quantitative estimate of drug-likeness (QED) is 0.844. The average Bonchev–Trinajstić information content (AvgIpc) is 2.92. The van der Waals surface area contributed by atoms with Gasteiger partial charge < -0.3 is 9.52 Å². The van der Waals surface area contributed by atoms with Crippen molar-refractivity contribution in [3.63, 3.8) is 0 Å². The lowest BCUT2D eigenvalue weighted by atomic mass is 9.94.